The minimum absolute atomic E-state index is 0.0191. The number of hydrogen-bond donors (Lipinski definition) is 0. The third kappa shape index (κ3) is 24.3. The van der Waals surface area contributed by atoms with Crippen LogP contribution in [-0.2, 0) is 57.8 Å². The van der Waals surface area contributed by atoms with Gasteiger partial charge in [0.1, 0.15) is 31.3 Å². The van der Waals surface area contributed by atoms with Crippen LogP contribution in [0.2, 0.25) is 0 Å². The molecular formula is C39H58O15. The van der Waals surface area contributed by atoms with Gasteiger partial charge in [0.05, 0.1) is 49.8 Å². The topological polar surface area (TPSA) is 170 Å². The lowest BCUT2D eigenvalue weighted by Crippen LogP contribution is -2.13. The van der Waals surface area contributed by atoms with Crippen molar-refractivity contribution in [2.45, 2.75) is 61.4 Å². The lowest BCUT2D eigenvalue weighted by atomic mass is 10.2. The van der Waals surface area contributed by atoms with Crippen molar-refractivity contribution in [2.75, 3.05) is 56.4 Å². The van der Waals surface area contributed by atoms with Gasteiger partial charge in [-0.1, -0.05) is 77.9 Å². The van der Waals surface area contributed by atoms with Crippen molar-refractivity contribution in [2.24, 2.45) is 0 Å². The van der Waals surface area contributed by atoms with Crippen molar-refractivity contribution in [1.82, 2.24) is 0 Å². The smallest absolute Gasteiger partial charge is 0.497 e. The first-order valence-corrected chi connectivity index (χ1v) is 16.9. The summed E-state index contributed by atoms with van der Waals surface area (Å²) in [4.78, 5) is 43.3. The first-order chi connectivity index (χ1) is 26.1. The SMILES string of the molecule is CC.CC.CC.COC(=O)COc1cc(COC(=O)OC)ccc1OC.COC(=O)OCc1ccc(OC)cc1.COC(=O)OCc1ccccc1OC. The van der Waals surface area contributed by atoms with Crippen molar-refractivity contribution in [3.05, 3.63) is 83.4 Å². The highest BCUT2D eigenvalue weighted by Crippen LogP contribution is 2.28. The minimum Gasteiger partial charge on any atom is -0.497 e. The van der Waals surface area contributed by atoms with Gasteiger partial charge in [0.15, 0.2) is 18.1 Å². The quantitative estimate of drug-likeness (QED) is 0.127. The predicted molar refractivity (Wildman–Crippen MR) is 202 cm³/mol. The number of ether oxygens (including phenoxy) is 11. The predicted octanol–water partition coefficient (Wildman–Crippen LogP) is 8.57. The fraction of sp³-hybridized carbons (Fsp3) is 0.436. The summed E-state index contributed by atoms with van der Waals surface area (Å²) in [5.41, 5.74) is 2.35. The average molecular weight is 767 g/mol. The average Bonchev–Trinajstić information content (AvgIpc) is 3.25. The molecule has 304 valence electrons. The second-order valence-electron chi connectivity index (χ2n) is 8.74. The number of methoxy groups -OCH3 is 7. The summed E-state index contributed by atoms with van der Waals surface area (Å²) < 4.78 is 52.3. The molecule has 0 saturated carbocycles. The Kier molecular flexibility index (Phi) is 34.6. The van der Waals surface area contributed by atoms with E-state index in [9.17, 15) is 19.2 Å². The molecule has 0 amide bonds. The van der Waals surface area contributed by atoms with Crippen LogP contribution in [0, 0.1) is 0 Å². The fourth-order valence-corrected chi connectivity index (χ4v) is 3.26. The molecule has 0 aliphatic heterocycles. The van der Waals surface area contributed by atoms with Gasteiger partial charge < -0.3 is 52.1 Å². The summed E-state index contributed by atoms with van der Waals surface area (Å²) in [7, 11) is 9.67. The molecule has 0 saturated heterocycles. The van der Waals surface area contributed by atoms with E-state index in [2.05, 4.69) is 18.9 Å². The van der Waals surface area contributed by atoms with Crippen LogP contribution in [0.3, 0.4) is 0 Å². The van der Waals surface area contributed by atoms with Gasteiger partial charge >= 0.3 is 24.4 Å². The highest BCUT2D eigenvalue weighted by Gasteiger charge is 2.10. The summed E-state index contributed by atoms with van der Waals surface area (Å²) in [6, 6.07) is 19.5. The second-order valence-corrected chi connectivity index (χ2v) is 8.74. The molecule has 0 fully saturated rings. The van der Waals surface area contributed by atoms with E-state index < -0.39 is 24.4 Å². The summed E-state index contributed by atoms with van der Waals surface area (Å²) in [6.07, 6.45) is -2.16. The largest absolute Gasteiger partial charge is 0.508 e. The molecule has 3 aromatic carbocycles. The normalized spacial score (nSPS) is 8.69. The molecule has 3 aromatic rings. The Bertz CT molecular complexity index is 1410. The van der Waals surface area contributed by atoms with Gasteiger partial charge in [0.2, 0.25) is 0 Å². The van der Waals surface area contributed by atoms with E-state index in [0.717, 1.165) is 16.9 Å². The second kappa shape index (κ2) is 35.5. The summed E-state index contributed by atoms with van der Waals surface area (Å²) in [5, 5.41) is 0. The molecule has 0 atom stereocenters. The Morgan fingerprint density at radius 3 is 1.39 bits per heavy atom. The first-order valence-electron chi connectivity index (χ1n) is 16.9. The number of carbonyl (C=O) groups is 4. The van der Waals surface area contributed by atoms with Crippen molar-refractivity contribution in [3.63, 3.8) is 0 Å². The van der Waals surface area contributed by atoms with Crippen LogP contribution in [0.1, 0.15) is 58.2 Å². The van der Waals surface area contributed by atoms with E-state index in [1.165, 1.54) is 35.5 Å². The van der Waals surface area contributed by atoms with Crippen LogP contribution < -0.4 is 18.9 Å². The van der Waals surface area contributed by atoms with E-state index in [0.29, 0.717) is 22.8 Å². The summed E-state index contributed by atoms with van der Waals surface area (Å²) in [5.74, 6) is 1.76. The Morgan fingerprint density at radius 2 is 0.926 bits per heavy atom. The number of para-hydroxylation sites is 1. The third-order valence-corrected chi connectivity index (χ3v) is 5.71. The van der Waals surface area contributed by atoms with Crippen molar-refractivity contribution in [3.8, 4) is 23.0 Å². The molecule has 54 heavy (non-hydrogen) atoms. The molecule has 15 heteroatoms. The van der Waals surface area contributed by atoms with E-state index in [1.807, 2.05) is 71.9 Å². The maximum absolute atomic E-state index is 11.0. The van der Waals surface area contributed by atoms with Crippen molar-refractivity contribution >= 4 is 24.4 Å². The highest BCUT2D eigenvalue weighted by atomic mass is 16.7. The Hall–Kier alpha value is -5.86. The van der Waals surface area contributed by atoms with E-state index >= 15 is 0 Å². The maximum Gasteiger partial charge on any atom is 0.508 e. The van der Waals surface area contributed by atoms with Gasteiger partial charge in [-0.3, -0.25) is 0 Å². The minimum atomic E-state index is -0.780. The van der Waals surface area contributed by atoms with E-state index in [1.54, 1.807) is 50.6 Å². The molecular weight excluding hydrogens is 708 g/mol. The number of hydrogen-bond acceptors (Lipinski definition) is 15. The number of benzene rings is 3. The molecule has 0 aliphatic rings. The Balaban J connectivity index is -0.000000686. The standard InChI is InChI=1S/C13H16O7.2C10H12O4.3C2H6/c1-16-10-5-4-9(7-20-13(15)18-3)6-11(10)19-8-12(14)17-2;1-12-9-5-3-8(4-6-9)7-14-10(11)13-2;1-12-9-6-4-3-5-8(9)7-14-10(11)13-2;3*1-2/h4-6H,7-8H2,1-3H3;2*3-6H,7H2,1-2H3;3*1-2H3. The molecule has 0 spiro atoms. The van der Waals surface area contributed by atoms with Crippen LogP contribution in [-0.4, -0.2) is 80.8 Å². The van der Waals surface area contributed by atoms with Crippen LogP contribution in [0.5, 0.6) is 23.0 Å². The zero-order chi connectivity index (χ0) is 41.7. The maximum atomic E-state index is 11.0. The molecule has 3 rings (SSSR count). The van der Waals surface area contributed by atoms with E-state index in [4.69, 9.17) is 33.2 Å². The molecule has 0 unspecified atom stereocenters. The van der Waals surface area contributed by atoms with Gasteiger partial charge in [0.25, 0.3) is 0 Å². The highest BCUT2D eigenvalue weighted by molar-refractivity contribution is 5.71. The van der Waals surface area contributed by atoms with Crippen molar-refractivity contribution in [1.29, 1.82) is 0 Å². The number of esters is 1. The van der Waals surface area contributed by atoms with E-state index in [-0.39, 0.29) is 26.4 Å². The monoisotopic (exact) mass is 766 g/mol. The molecule has 0 bridgehead atoms. The molecule has 0 heterocycles. The zero-order valence-electron chi connectivity index (χ0n) is 33.8. The summed E-state index contributed by atoms with van der Waals surface area (Å²) >= 11 is 0. The Morgan fingerprint density at radius 1 is 0.463 bits per heavy atom. The fourth-order valence-electron chi connectivity index (χ4n) is 3.26. The molecule has 0 aromatic heterocycles. The number of rotatable bonds is 12. The van der Waals surface area contributed by atoms with Crippen LogP contribution in [0.4, 0.5) is 14.4 Å². The van der Waals surface area contributed by atoms with Gasteiger partial charge in [-0.2, -0.15) is 0 Å². The van der Waals surface area contributed by atoms with Crippen molar-refractivity contribution < 1.29 is 71.3 Å². The van der Waals surface area contributed by atoms with Gasteiger partial charge in [0, 0.05) is 5.56 Å². The molecule has 0 aliphatic carbocycles. The van der Waals surface area contributed by atoms with Crippen LogP contribution >= 0.6 is 0 Å². The number of carbonyl (C=O) groups excluding carboxylic acids is 4. The van der Waals surface area contributed by atoms with Gasteiger partial charge in [-0.25, -0.2) is 19.2 Å². The lowest BCUT2D eigenvalue weighted by molar-refractivity contribution is -0.142. The Labute approximate surface area is 319 Å². The molecule has 0 N–H and O–H groups in total. The van der Waals surface area contributed by atoms with Crippen LogP contribution in [0.25, 0.3) is 0 Å². The van der Waals surface area contributed by atoms with Crippen LogP contribution in [0.15, 0.2) is 66.7 Å². The lowest BCUT2D eigenvalue weighted by Gasteiger charge is -2.11. The zero-order valence-corrected chi connectivity index (χ0v) is 33.8. The summed E-state index contributed by atoms with van der Waals surface area (Å²) in [6.45, 7) is 12.1. The first kappa shape index (κ1) is 52.5. The third-order valence-electron chi connectivity index (χ3n) is 5.71. The molecule has 15 nitrogen and oxygen atoms in total. The van der Waals surface area contributed by atoms with Gasteiger partial charge in [-0.15, -0.1) is 0 Å². The van der Waals surface area contributed by atoms with Gasteiger partial charge in [-0.05, 0) is 41.5 Å². The molecule has 0 radical (unpaired) electrons.